The summed E-state index contributed by atoms with van der Waals surface area (Å²) in [7, 11) is 0. The summed E-state index contributed by atoms with van der Waals surface area (Å²) in [6.07, 6.45) is 0. The third kappa shape index (κ3) is 7.36. The monoisotopic (exact) mass is 1020 g/mol. The molecule has 79 heavy (non-hydrogen) atoms. The van der Waals surface area contributed by atoms with E-state index in [4.69, 9.17) is 4.74 Å². The topological polar surface area (TPSA) is 20.6 Å². The lowest BCUT2D eigenvalue weighted by Gasteiger charge is -2.47. The summed E-state index contributed by atoms with van der Waals surface area (Å²) in [5.41, 5.74) is 25.3. The minimum Gasteiger partial charge on any atom is -0.456 e. The lowest BCUT2D eigenvalue weighted by Crippen LogP contribution is -2.62. The molecule has 4 nitrogen and oxygen atoms in total. The molecule has 4 heterocycles. The number of benzene rings is 11. The van der Waals surface area contributed by atoms with Crippen LogP contribution >= 0.6 is 0 Å². The van der Waals surface area contributed by atoms with Gasteiger partial charge in [-0.1, -0.05) is 217 Å². The number of nitrogens with zero attached hydrogens (tertiary/aromatic N) is 3. The van der Waals surface area contributed by atoms with Crippen LogP contribution in [0, 0.1) is 0 Å². The number of anilines is 6. The van der Waals surface area contributed by atoms with Gasteiger partial charge in [-0.05, 0) is 122 Å². The molecule has 0 amide bonds. The van der Waals surface area contributed by atoms with Crippen LogP contribution < -0.4 is 30.9 Å². The quantitative estimate of drug-likeness (QED) is 0.164. The SMILES string of the molecule is CC(C)(C)c1cc2c3c(c1)-c1ccccc1Oc1ccccc1-c1cccc(-c4ccccc4)c1N3c1cc(C(C)(C)C)cc3c1B2c1ccc(-n2c4ccccc4c4ccccc42)cc1N3c1ccc(-c2ccccc2)cc1. The fraction of sp³-hybridized carbons (Fsp3) is 0.108. The number of fused-ring (bicyclic) bond motifs is 13. The molecule has 0 atom stereocenters. The maximum Gasteiger partial charge on any atom is 0.252 e. The highest BCUT2D eigenvalue weighted by molar-refractivity contribution is 7.00. The van der Waals surface area contributed by atoms with E-state index in [2.05, 4.69) is 299 Å². The van der Waals surface area contributed by atoms with Crippen LogP contribution in [0.3, 0.4) is 0 Å². The first-order valence-corrected chi connectivity index (χ1v) is 27.8. The number of rotatable bonds is 4. The van der Waals surface area contributed by atoms with Gasteiger partial charge in [-0.15, -0.1) is 0 Å². The van der Waals surface area contributed by atoms with Crippen molar-refractivity contribution in [2.75, 3.05) is 9.80 Å². The molecule has 0 spiro atoms. The zero-order valence-electron chi connectivity index (χ0n) is 45.4. The third-order valence-electron chi connectivity index (χ3n) is 16.9. The molecule has 12 aromatic rings. The van der Waals surface area contributed by atoms with Crippen LogP contribution in [0.2, 0.25) is 0 Å². The highest BCUT2D eigenvalue weighted by Crippen LogP contribution is 2.56. The summed E-state index contributed by atoms with van der Waals surface area (Å²) >= 11 is 0. The summed E-state index contributed by atoms with van der Waals surface area (Å²) in [5, 5.41) is 2.49. The van der Waals surface area contributed by atoms with Crippen molar-refractivity contribution in [1.29, 1.82) is 0 Å². The van der Waals surface area contributed by atoms with Crippen molar-refractivity contribution in [3.05, 3.63) is 254 Å². The van der Waals surface area contributed by atoms with Crippen LogP contribution in [0.5, 0.6) is 11.5 Å². The predicted octanol–water partition coefficient (Wildman–Crippen LogP) is 18.2. The molecule has 11 aromatic carbocycles. The summed E-state index contributed by atoms with van der Waals surface area (Å²) in [6.45, 7) is 14.0. The molecule has 15 rings (SSSR count). The largest absolute Gasteiger partial charge is 0.456 e. The van der Waals surface area contributed by atoms with Crippen LogP contribution in [0.1, 0.15) is 52.7 Å². The van der Waals surface area contributed by atoms with Gasteiger partial charge in [0.1, 0.15) is 11.5 Å². The lowest BCUT2D eigenvalue weighted by atomic mass is 9.33. The summed E-state index contributed by atoms with van der Waals surface area (Å²) in [5.74, 6) is 1.64. The van der Waals surface area contributed by atoms with Crippen LogP contribution in [0.4, 0.5) is 34.1 Å². The second kappa shape index (κ2) is 17.6. The minimum absolute atomic E-state index is 0.163. The van der Waals surface area contributed by atoms with Crippen molar-refractivity contribution in [2.45, 2.75) is 52.4 Å². The number of aromatic nitrogens is 1. The Bertz CT molecular complexity index is 4370. The molecule has 0 aliphatic carbocycles. The zero-order chi connectivity index (χ0) is 53.3. The van der Waals surface area contributed by atoms with Gasteiger partial charge in [0.15, 0.2) is 0 Å². The molecular formula is C74H58BN3O. The maximum atomic E-state index is 7.28. The molecule has 3 aliphatic heterocycles. The standard InChI is InChI=1S/C74H58BN3O/c1-73(2,3)50-42-60-58-29-16-20-35-69(58)79-68-34-19-15-28-57(68)59-31-21-30-54(49-24-11-8-12-25-49)71(59)78-67-45-51(74(4,5)6)44-66-70(67)75(62(43-50)72(60)78)61-41-40-53(77-63-32-17-13-26-55(63)56-27-14-18-33-64(56)77)46-65(61)76(66)52-38-36-48(37-39-52)47-22-9-7-10-23-47/h7-46H,1-6H3. The Morgan fingerprint density at radius 2 is 0.848 bits per heavy atom. The fourth-order valence-electron chi connectivity index (χ4n) is 13.0. The van der Waals surface area contributed by atoms with E-state index in [1.54, 1.807) is 0 Å². The highest BCUT2D eigenvalue weighted by atomic mass is 16.5. The molecule has 3 aliphatic rings. The fourth-order valence-corrected chi connectivity index (χ4v) is 13.0. The molecule has 0 saturated carbocycles. The Labute approximate surface area is 463 Å². The molecule has 0 bridgehead atoms. The van der Waals surface area contributed by atoms with Gasteiger partial charge in [-0.2, -0.15) is 0 Å². The van der Waals surface area contributed by atoms with Crippen LogP contribution in [-0.2, 0) is 10.8 Å². The van der Waals surface area contributed by atoms with E-state index in [1.165, 1.54) is 77.5 Å². The molecule has 0 radical (unpaired) electrons. The van der Waals surface area contributed by atoms with Gasteiger partial charge >= 0.3 is 0 Å². The number of para-hydroxylation sites is 5. The predicted molar refractivity (Wildman–Crippen MR) is 334 cm³/mol. The van der Waals surface area contributed by atoms with Gasteiger partial charge < -0.3 is 19.1 Å². The second-order valence-electron chi connectivity index (χ2n) is 23.7. The van der Waals surface area contributed by atoms with Crippen LogP contribution in [0.15, 0.2) is 243 Å². The van der Waals surface area contributed by atoms with Crippen molar-refractivity contribution in [2.24, 2.45) is 0 Å². The molecule has 0 saturated heterocycles. The first kappa shape index (κ1) is 46.9. The van der Waals surface area contributed by atoms with Crippen molar-refractivity contribution >= 4 is 79.0 Å². The number of hydrogen-bond acceptors (Lipinski definition) is 3. The maximum absolute atomic E-state index is 7.28. The average Bonchev–Trinajstić information content (AvgIpc) is 3.57. The second-order valence-corrected chi connectivity index (χ2v) is 23.7. The molecule has 0 fully saturated rings. The van der Waals surface area contributed by atoms with E-state index in [0.29, 0.717) is 0 Å². The number of ether oxygens (including phenoxy) is 1. The van der Waals surface area contributed by atoms with Crippen molar-refractivity contribution in [3.63, 3.8) is 0 Å². The van der Waals surface area contributed by atoms with Gasteiger partial charge in [0, 0.05) is 72.7 Å². The summed E-state index contributed by atoms with van der Waals surface area (Å²) < 4.78 is 9.75. The normalized spacial score (nSPS) is 13.2. The Balaban J connectivity index is 1.12. The van der Waals surface area contributed by atoms with E-state index in [-0.39, 0.29) is 17.5 Å². The Morgan fingerprint density at radius 1 is 0.342 bits per heavy atom. The Kier molecular flexibility index (Phi) is 10.5. The van der Waals surface area contributed by atoms with Crippen LogP contribution in [0.25, 0.3) is 72.0 Å². The van der Waals surface area contributed by atoms with Gasteiger partial charge in [-0.3, -0.25) is 0 Å². The van der Waals surface area contributed by atoms with Gasteiger partial charge in [0.25, 0.3) is 6.71 Å². The summed E-state index contributed by atoms with van der Waals surface area (Å²) in [6, 6.07) is 90.2. The van der Waals surface area contributed by atoms with E-state index >= 15 is 0 Å². The van der Waals surface area contributed by atoms with Gasteiger partial charge in [0.2, 0.25) is 0 Å². The first-order valence-electron chi connectivity index (χ1n) is 27.8. The van der Waals surface area contributed by atoms with Crippen molar-refractivity contribution < 1.29 is 4.74 Å². The third-order valence-corrected chi connectivity index (χ3v) is 16.9. The first-order chi connectivity index (χ1) is 38.5. The molecule has 5 heteroatoms. The highest BCUT2D eigenvalue weighted by Gasteiger charge is 2.47. The zero-order valence-corrected chi connectivity index (χ0v) is 45.4. The number of hydrogen-bond donors (Lipinski definition) is 0. The van der Waals surface area contributed by atoms with Crippen molar-refractivity contribution in [1.82, 2.24) is 4.57 Å². The molecular weight excluding hydrogens is 958 g/mol. The summed E-state index contributed by atoms with van der Waals surface area (Å²) in [4.78, 5) is 5.28. The molecule has 1 aromatic heterocycles. The van der Waals surface area contributed by atoms with E-state index in [9.17, 15) is 0 Å². The van der Waals surface area contributed by atoms with Crippen molar-refractivity contribution in [3.8, 4) is 61.7 Å². The Morgan fingerprint density at radius 3 is 1.49 bits per heavy atom. The lowest BCUT2D eigenvalue weighted by molar-refractivity contribution is 0.486. The minimum atomic E-state index is -0.236. The molecule has 378 valence electrons. The van der Waals surface area contributed by atoms with Crippen LogP contribution in [-0.4, -0.2) is 11.3 Å². The molecule has 0 N–H and O–H groups in total. The van der Waals surface area contributed by atoms with E-state index in [0.717, 1.165) is 67.6 Å². The van der Waals surface area contributed by atoms with Gasteiger partial charge in [0.05, 0.1) is 16.7 Å². The van der Waals surface area contributed by atoms with E-state index < -0.39 is 0 Å². The smallest absolute Gasteiger partial charge is 0.252 e. The molecule has 0 unspecified atom stereocenters. The van der Waals surface area contributed by atoms with E-state index in [1.807, 2.05) is 0 Å². The van der Waals surface area contributed by atoms with Gasteiger partial charge in [-0.25, -0.2) is 0 Å². The average molecular weight is 1020 g/mol. The Hall–Kier alpha value is -9.32.